The third-order valence-electron chi connectivity index (χ3n) is 0. The van der Waals surface area contributed by atoms with Gasteiger partial charge in [-0.25, -0.2) is 0 Å². The maximum absolute atomic E-state index is 0. The van der Waals surface area contributed by atoms with Crippen molar-refractivity contribution in [2.75, 3.05) is 0 Å². The molecule has 2 N–H and O–H groups in total. The SMILES string of the molecule is O.S.[O-2].[O-2].[Ti+4]. The van der Waals surface area contributed by atoms with Gasteiger partial charge in [0.15, 0.2) is 0 Å². The van der Waals surface area contributed by atoms with Crippen LogP contribution in [0.15, 0.2) is 0 Å². The van der Waals surface area contributed by atoms with E-state index in [1.165, 1.54) is 0 Å². The van der Waals surface area contributed by atoms with E-state index in [4.69, 9.17) is 0 Å². The summed E-state index contributed by atoms with van der Waals surface area (Å²) in [5.74, 6) is 0. The van der Waals surface area contributed by atoms with E-state index in [1.807, 2.05) is 0 Å². The minimum absolute atomic E-state index is 0. The van der Waals surface area contributed by atoms with E-state index in [0.29, 0.717) is 0 Å². The first-order chi connectivity index (χ1) is 0. The van der Waals surface area contributed by atoms with Gasteiger partial charge in [-0.2, -0.15) is 13.5 Å². The molecule has 0 aromatic rings. The van der Waals surface area contributed by atoms with Gasteiger partial charge < -0.3 is 16.4 Å². The van der Waals surface area contributed by atoms with Gasteiger partial charge in [0.25, 0.3) is 0 Å². The third-order valence-corrected chi connectivity index (χ3v) is 0. The molecule has 32 valence electrons. The van der Waals surface area contributed by atoms with Gasteiger partial charge in [-0.3, -0.25) is 0 Å². The Hall–Kier alpha value is 0.944. The third kappa shape index (κ3) is 48.1. The average molecular weight is 132 g/mol. The van der Waals surface area contributed by atoms with Gasteiger partial charge in [0.1, 0.15) is 0 Å². The van der Waals surface area contributed by atoms with Crippen molar-refractivity contribution < 1.29 is 38.1 Å². The van der Waals surface area contributed by atoms with Crippen LogP contribution in [-0.4, -0.2) is 5.48 Å². The molecule has 0 spiro atoms. The Morgan fingerprint density at radius 3 is 0.800 bits per heavy atom. The van der Waals surface area contributed by atoms with Gasteiger partial charge in [0.2, 0.25) is 0 Å². The van der Waals surface area contributed by atoms with Crippen LogP contribution in [0.4, 0.5) is 0 Å². The fourth-order valence-corrected chi connectivity index (χ4v) is 0. The van der Waals surface area contributed by atoms with Crippen molar-refractivity contribution >= 4 is 13.5 Å². The van der Waals surface area contributed by atoms with Crippen LogP contribution in [0.5, 0.6) is 0 Å². The van der Waals surface area contributed by atoms with Crippen LogP contribution in [-0.2, 0) is 32.7 Å². The molecule has 5 heteroatoms. The summed E-state index contributed by atoms with van der Waals surface area (Å²) in [6, 6.07) is 0. The maximum Gasteiger partial charge on any atom is 4.00 e. The topological polar surface area (TPSA) is 88.5 Å². The molecule has 0 heterocycles. The van der Waals surface area contributed by atoms with Gasteiger partial charge in [-0.1, -0.05) is 0 Å². The molecule has 3 nitrogen and oxygen atoms in total. The first-order valence-corrected chi connectivity index (χ1v) is 0. The van der Waals surface area contributed by atoms with Gasteiger partial charge in [-0.15, -0.1) is 0 Å². The van der Waals surface area contributed by atoms with Crippen LogP contribution >= 0.6 is 13.5 Å². The van der Waals surface area contributed by atoms with Crippen LogP contribution in [0.3, 0.4) is 0 Å². The monoisotopic (exact) mass is 132 g/mol. The van der Waals surface area contributed by atoms with E-state index in [2.05, 4.69) is 0 Å². The summed E-state index contributed by atoms with van der Waals surface area (Å²) in [7, 11) is 0. The summed E-state index contributed by atoms with van der Waals surface area (Å²) < 4.78 is 0. The fraction of sp³-hybridized carbons (Fsp3) is 0. The maximum atomic E-state index is 0. The Kier molecular flexibility index (Phi) is 2810. The molecular weight excluding hydrogens is 128 g/mol. The second kappa shape index (κ2) is 86.3. The quantitative estimate of drug-likeness (QED) is 0.380. The summed E-state index contributed by atoms with van der Waals surface area (Å²) >= 11 is 0. The predicted molar refractivity (Wildman–Crippen MR) is 15.4 cm³/mol. The van der Waals surface area contributed by atoms with Crippen LogP contribution in [0, 0.1) is 0 Å². The Morgan fingerprint density at radius 1 is 0.800 bits per heavy atom. The fourth-order valence-electron chi connectivity index (χ4n) is 0. The van der Waals surface area contributed by atoms with Crippen LogP contribution in [0.2, 0.25) is 0 Å². The van der Waals surface area contributed by atoms with Gasteiger partial charge in [0, 0.05) is 0 Å². The van der Waals surface area contributed by atoms with Crippen molar-refractivity contribution in [1.82, 2.24) is 0 Å². The first kappa shape index (κ1) is 163. The second-order valence-electron chi connectivity index (χ2n) is 0. The Morgan fingerprint density at radius 2 is 0.800 bits per heavy atom. The van der Waals surface area contributed by atoms with E-state index < -0.39 is 0 Å². The predicted octanol–water partition coefficient (Wildman–Crippen LogP) is -0.952. The van der Waals surface area contributed by atoms with Crippen molar-refractivity contribution in [2.45, 2.75) is 0 Å². The Bertz CT molecular complexity index is 6.85. The first-order valence-electron chi connectivity index (χ1n) is 0. The van der Waals surface area contributed by atoms with Gasteiger partial charge in [-0.05, 0) is 0 Å². The zero-order valence-electron chi connectivity index (χ0n) is 2.32. The van der Waals surface area contributed by atoms with E-state index in [9.17, 15) is 0 Å². The number of hydrogen-bond donors (Lipinski definition) is 0. The summed E-state index contributed by atoms with van der Waals surface area (Å²) in [6.07, 6.45) is 0. The molecule has 0 bridgehead atoms. The minimum atomic E-state index is 0. The zero-order valence-corrected chi connectivity index (χ0v) is 4.88. The molecule has 0 aromatic carbocycles. The van der Waals surface area contributed by atoms with Crippen molar-refractivity contribution in [3.05, 3.63) is 0 Å². The molecule has 0 atom stereocenters. The van der Waals surface area contributed by atoms with E-state index in [-0.39, 0.29) is 51.6 Å². The molecule has 0 aromatic heterocycles. The summed E-state index contributed by atoms with van der Waals surface area (Å²) in [6.45, 7) is 0. The van der Waals surface area contributed by atoms with Gasteiger partial charge in [0.05, 0.1) is 0 Å². The number of rotatable bonds is 0. The Labute approximate surface area is 52.0 Å². The molecule has 0 amide bonds. The largest absolute Gasteiger partial charge is 4.00 e. The van der Waals surface area contributed by atoms with E-state index in [0.717, 1.165) is 0 Å². The smallest absolute Gasteiger partial charge is 2.00 e. The van der Waals surface area contributed by atoms with E-state index >= 15 is 0 Å². The molecule has 0 unspecified atom stereocenters. The van der Waals surface area contributed by atoms with Gasteiger partial charge >= 0.3 is 21.7 Å². The molecule has 0 rings (SSSR count). The molecule has 0 aliphatic rings. The van der Waals surface area contributed by atoms with Crippen molar-refractivity contribution in [3.8, 4) is 0 Å². The van der Waals surface area contributed by atoms with Crippen molar-refractivity contribution in [2.24, 2.45) is 0 Å². The summed E-state index contributed by atoms with van der Waals surface area (Å²) in [5.41, 5.74) is 0. The van der Waals surface area contributed by atoms with Crippen LogP contribution < -0.4 is 0 Å². The molecule has 0 aliphatic carbocycles. The normalized spacial score (nSPS) is 0. The molecule has 5 heavy (non-hydrogen) atoms. The molecular formula is H4O3STi. The van der Waals surface area contributed by atoms with Crippen LogP contribution in [0.1, 0.15) is 0 Å². The van der Waals surface area contributed by atoms with Crippen LogP contribution in [0.25, 0.3) is 0 Å². The van der Waals surface area contributed by atoms with E-state index in [1.54, 1.807) is 0 Å². The van der Waals surface area contributed by atoms with Crippen molar-refractivity contribution in [1.29, 1.82) is 0 Å². The summed E-state index contributed by atoms with van der Waals surface area (Å²) in [4.78, 5) is 0. The van der Waals surface area contributed by atoms with Crippen molar-refractivity contribution in [3.63, 3.8) is 0 Å². The number of hydrogen-bond acceptors (Lipinski definition) is 0. The molecule has 0 saturated carbocycles. The zero-order chi connectivity index (χ0) is 0. The standard InChI is InChI=1S/H2O.2O.H2S.Ti/h1H2;;;1H2;/q;2*-2;;+4. The summed E-state index contributed by atoms with van der Waals surface area (Å²) in [5, 5.41) is 0. The Balaban J connectivity index is 0. The second-order valence-corrected chi connectivity index (χ2v) is 0. The molecule has 0 radical (unpaired) electrons. The molecule has 0 saturated heterocycles. The molecule has 0 aliphatic heterocycles. The average Bonchev–Trinajstić information content (AvgIpc) is 0. The minimum Gasteiger partial charge on any atom is -2.00 e. The molecule has 0 fully saturated rings.